The molecule has 3 N–H and O–H groups in total. The van der Waals surface area contributed by atoms with Crippen LogP contribution in [0.1, 0.15) is 27.9 Å². The fourth-order valence-electron chi connectivity index (χ4n) is 4.70. The lowest BCUT2D eigenvalue weighted by Gasteiger charge is -2.32. The first kappa shape index (κ1) is 30.2. The van der Waals surface area contributed by atoms with Crippen LogP contribution in [0.15, 0.2) is 41.4 Å². The molecule has 0 aliphatic carbocycles. The number of H-pyrrole nitrogens is 1. The Bertz CT molecular complexity index is 1610. The Morgan fingerprint density at radius 2 is 2.00 bits per heavy atom. The number of aromatic amines is 1. The molecular weight excluding hydrogens is 564 g/mol. The van der Waals surface area contributed by atoms with Crippen LogP contribution in [-0.2, 0) is 16.3 Å². The average molecular weight is 595 g/mol. The van der Waals surface area contributed by atoms with E-state index in [1.165, 1.54) is 43.6 Å². The molecule has 1 amide bonds. The number of carbonyl (C=O) groups excluding carboxylic acids is 1. The van der Waals surface area contributed by atoms with Crippen molar-refractivity contribution in [3.05, 3.63) is 53.2 Å². The van der Waals surface area contributed by atoms with Crippen LogP contribution in [0.3, 0.4) is 0 Å². The molecule has 1 aromatic heterocycles. The molecule has 41 heavy (non-hydrogen) atoms. The van der Waals surface area contributed by atoms with E-state index in [9.17, 15) is 30.8 Å². The predicted molar refractivity (Wildman–Crippen MR) is 148 cm³/mol. The molecule has 2 heterocycles. The highest BCUT2D eigenvalue weighted by Gasteiger charge is 2.31. The zero-order chi connectivity index (χ0) is 29.9. The Morgan fingerprint density at radius 3 is 2.66 bits per heavy atom. The molecule has 0 unspecified atom stereocenters. The maximum atomic E-state index is 14.6. The van der Waals surface area contributed by atoms with E-state index in [0.29, 0.717) is 30.0 Å². The highest BCUT2D eigenvalue weighted by Crippen LogP contribution is 2.30. The summed E-state index contributed by atoms with van der Waals surface area (Å²) in [6.07, 6.45) is -4.25. The van der Waals surface area contributed by atoms with Crippen LogP contribution in [0.2, 0.25) is 0 Å². The van der Waals surface area contributed by atoms with Gasteiger partial charge in [0.25, 0.3) is 5.91 Å². The summed E-state index contributed by atoms with van der Waals surface area (Å²) in [4.78, 5) is 17.9. The predicted octanol–water partition coefficient (Wildman–Crippen LogP) is 3.92. The number of hydrogen-bond donors (Lipinski definition) is 3. The largest absolute Gasteiger partial charge is 0.495 e. The first-order chi connectivity index (χ1) is 19.2. The molecule has 13 heteroatoms. The SMILES string of the molecule is COc1cc(S(C)(=O)=O)ccc1NCC#Cc1cc(C(=O)N[C@@H]2CCN(C)C[C@@H]2F)c2[nH]cc(CC(F)(F)F)c2c1. The summed E-state index contributed by atoms with van der Waals surface area (Å²) < 4.78 is 83.2. The van der Waals surface area contributed by atoms with Crippen molar-refractivity contribution >= 4 is 32.3 Å². The molecule has 0 spiro atoms. The third kappa shape index (κ3) is 7.51. The van der Waals surface area contributed by atoms with E-state index in [0.717, 1.165) is 6.26 Å². The van der Waals surface area contributed by atoms with Crippen LogP contribution in [0.5, 0.6) is 5.75 Å². The Hall–Kier alpha value is -3.76. The molecule has 1 fully saturated rings. The molecule has 1 aliphatic rings. The van der Waals surface area contributed by atoms with Crippen molar-refractivity contribution in [1.82, 2.24) is 15.2 Å². The highest BCUT2D eigenvalue weighted by atomic mass is 32.2. The minimum atomic E-state index is -4.47. The number of ether oxygens (including phenoxy) is 1. The molecular formula is C28H30F4N4O4S. The van der Waals surface area contributed by atoms with E-state index in [1.54, 1.807) is 7.05 Å². The number of fused-ring (bicyclic) bond motifs is 1. The molecule has 2 atom stereocenters. The van der Waals surface area contributed by atoms with Crippen molar-refractivity contribution in [2.45, 2.75) is 36.1 Å². The van der Waals surface area contributed by atoms with Crippen LogP contribution < -0.4 is 15.4 Å². The second kappa shape index (κ2) is 12.0. The van der Waals surface area contributed by atoms with Gasteiger partial charge in [0.1, 0.15) is 11.9 Å². The monoisotopic (exact) mass is 594 g/mol. The Morgan fingerprint density at radius 1 is 1.24 bits per heavy atom. The average Bonchev–Trinajstić information content (AvgIpc) is 3.28. The number of nitrogens with one attached hydrogen (secondary N) is 3. The number of sulfone groups is 1. The summed E-state index contributed by atoms with van der Waals surface area (Å²) in [5, 5.41) is 5.91. The van der Waals surface area contributed by atoms with Gasteiger partial charge < -0.3 is 25.3 Å². The number of alkyl halides is 4. The molecule has 0 saturated carbocycles. The number of carbonyl (C=O) groups is 1. The summed E-state index contributed by atoms with van der Waals surface area (Å²) in [5.41, 5.74) is 1.03. The molecule has 4 rings (SSSR count). The lowest BCUT2D eigenvalue weighted by molar-refractivity contribution is -0.127. The highest BCUT2D eigenvalue weighted by molar-refractivity contribution is 7.90. The van der Waals surface area contributed by atoms with E-state index < -0.39 is 40.6 Å². The van der Waals surface area contributed by atoms with Crippen molar-refractivity contribution in [2.75, 3.05) is 45.4 Å². The van der Waals surface area contributed by atoms with Gasteiger partial charge >= 0.3 is 6.18 Å². The summed E-state index contributed by atoms with van der Waals surface area (Å²) in [6, 6.07) is 6.56. The molecule has 1 saturated heterocycles. The van der Waals surface area contributed by atoms with Crippen molar-refractivity contribution in [1.29, 1.82) is 0 Å². The molecule has 3 aromatic rings. The maximum absolute atomic E-state index is 14.6. The van der Waals surface area contributed by atoms with Gasteiger partial charge in [-0.05, 0) is 43.3 Å². The minimum Gasteiger partial charge on any atom is -0.495 e. The van der Waals surface area contributed by atoms with Gasteiger partial charge in [-0.2, -0.15) is 13.2 Å². The maximum Gasteiger partial charge on any atom is 0.393 e. The number of methoxy groups -OCH3 is 1. The number of aromatic nitrogens is 1. The number of likely N-dealkylation sites (tertiary alicyclic amines) is 1. The minimum absolute atomic E-state index is 0.0401. The van der Waals surface area contributed by atoms with Gasteiger partial charge in [0.2, 0.25) is 0 Å². The number of benzene rings is 2. The molecule has 2 aromatic carbocycles. The molecule has 8 nitrogen and oxygen atoms in total. The summed E-state index contributed by atoms with van der Waals surface area (Å²) in [5.74, 6) is 5.42. The normalized spacial score (nSPS) is 18.0. The van der Waals surface area contributed by atoms with Gasteiger partial charge in [-0.15, -0.1) is 0 Å². The van der Waals surface area contributed by atoms with Gasteiger partial charge in [0.05, 0.1) is 47.8 Å². The van der Waals surface area contributed by atoms with Crippen molar-refractivity contribution in [3.8, 4) is 17.6 Å². The lowest BCUT2D eigenvalue weighted by atomic mass is 10.00. The Kier molecular flexibility index (Phi) is 8.84. The smallest absolute Gasteiger partial charge is 0.393 e. The van der Waals surface area contributed by atoms with Gasteiger partial charge in [-0.3, -0.25) is 4.79 Å². The number of halogens is 4. The third-order valence-electron chi connectivity index (χ3n) is 6.77. The van der Waals surface area contributed by atoms with Crippen LogP contribution >= 0.6 is 0 Å². The van der Waals surface area contributed by atoms with Crippen LogP contribution in [0.25, 0.3) is 10.9 Å². The van der Waals surface area contributed by atoms with Gasteiger partial charge in [0, 0.05) is 42.6 Å². The number of amides is 1. The zero-order valence-corrected chi connectivity index (χ0v) is 23.5. The first-order valence-corrected chi connectivity index (χ1v) is 14.6. The van der Waals surface area contributed by atoms with Gasteiger partial charge in [-0.25, -0.2) is 12.8 Å². The molecule has 220 valence electrons. The topological polar surface area (TPSA) is 104 Å². The van der Waals surface area contributed by atoms with Crippen LogP contribution in [0.4, 0.5) is 23.2 Å². The number of hydrogen-bond acceptors (Lipinski definition) is 6. The third-order valence-corrected chi connectivity index (χ3v) is 7.88. The van der Waals surface area contributed by atoms with E-state index in [4.69, 9.17) is 4.74 Å². The quantitative estimate of drug-likeness (QED) is 0.283. The van der Waals surface area contributed by atoms with Crippen molar-refractivity contribution < 1.29 is 35.5 Å². The summed E-state index contributed by atoms with van der Waals surface area (Å²) in [7, 11) is -0.253. The fourth-order valence-corrected chi connectivity index (χ4v) is 5.34. The van der Waals surface area contributed by atoms with Crippen LogP contribution in [-0.4, -0.2) is 82.6 Å². The van der Waals surface area contributed by atoms with E-state index in [2.05, 4.69) is 27.5 Å². The lowest BCUT2D eigenvalue weighted by Crippen LogP contribution is -2.51. The summed E-state index contributed by atoms with van der Waals surface area (Å²) in [6.45, 7) is 0.841. The Labute approximate surface area is 235 Å². The van der Waals surface area contributed by atoms with E-state index in [-0.39, 0.29) is 40.0 Å². The first-order valence-electron chi connectivity index (χ1n) is 12.7. The second-order valence-corrected chi connectivity index (χ2v) is 12.0. The summed E-state index contributed by atoms with van der Waals surface area (Å²) >= 11 is 0. The van der Waals surface area contributed by atoms with E-state index >= 15 is 0 Å². The van der Waals surface area contributed by atoms with Gasteiger partial charge in [0.15, 0.2) is 9.84 Å². The molecule has 0 radical (unpaired) electrons. The van der Waals surface area contributed by atoms with Crippen LogP contribution in [0, 0.1) is 11.8 Å². The second-order valence-electron chi connectivity index (χ2n) is 9.99. The fraction of sp³-hybridized carbons (Fsp3) is 0.393. The van der Waals surface area contributed by atoms with E-state index in [1.807, 2.05) is 4.90 Å². The number of nitrogens with zero attached hydrogens (tertiary/aromatic N) is 1. The van der Waals surface area contributed by atoms with Gasteiger partial charge in [-0.1, -0.05) is 11.8 Å². The molecule has 0 bridgehead atoms. The number of rotatable bonds is 7. The molecule has 1 aliphatic heterocycles. The Balaban J connectivity index is 1.61. The van der Waals surface area contributed by atoms with Crippen molar-refractivity contribution in [3.63, 3.8) is 0 Å². The zero-order valence-electron chi connectivity index (χ0n) is 22.7. The number of piperidine rings is 1. The van der Waals surface area contributed by atoms with Crippen molar-refractivity contribution in [2.24, 2.45) is 0 Å². The number of anilines is 1. The standard InChI is InChI=1S/C28H30F4N4O4S/c1-36-10-8-23(22(29)16-36)35-27(37)21-12-17(11-20-18(14-28(30,31)32)15-34-26(20)21)5-4-9-33-24-7-6-19(41(3,38)39)13-25(24)40-2/h6-7,11-13,15,22-23,33-34H,8-10,14,16H2,1-3H3,(H,35,37)/t22-,23+/m0/s1.